The molecule has 2 nitrogen and oxygen atoms in total. The van der Waals surface area contributed by atoms with Gasteiger partial charge >= 0.3 is 0 Å². The largest absolute Gasteiger partial charge is 0.328 e. The number of rotatable bonds is 3. The third-order valence-corrected chi connectivity index (χ3v) is 4.12. The summed E-state index contributed by atoms with van der Waals surface area (Å²) >= 11 is 0. The Morgan fingerprint density at radius 2 is 1.82 bits per heavy atom. The molecule has 2 rings (SSSR count). The zero-order chi connectivity index (χ0) is 12.3. The van der Waals surface area contributed by atoms with Gasteiger partial charge in [0.1, 0.15) is 0 Å². The minimum Gasteiger partial charge on any atom is -0.328 e. The molecule has 0 aliphatic heterocycles. The van der Waals surface area contributed by atoms with E-state index in [2.05, 4.69) is 43.6 Å². The molecule has 1 aromatic rings. The van der Waals surface area contributed by atoms with E-state index in [1.54, 1.807) is 0 Å². The third kappa shape index (κ3) is 2.88. The average molecular weight is 232 g/mol. The summed E-state index contributed by atoms with van der Waals surface area (Å²) in [5.41, 5.74) is 8.83. The minimum atomic E-state index is 0.431. The third-order valence-electron chi connectivity index (χ3n) is 4.12. The Balaban J connectivity index is 2.14. The van der Waals surface area contributed by atoms with Crippen molar-refractivity contribution >= 4 is 0 Å². The molecule has 0 amide bonds. The summed E-state index contributed by atoms with van der Waals surface area (Å²) in [7, 11) is 2.08. The van der Waals surface area contributed by atoms with Crippen molar-refractivity contribution in [2.75, 3.05) is 7.05 Å². The Kier molecular flexibility index (Phi) is 4.19. The van der Waals surface area contributed by atoms with Gasteiger partial charge in [-0.1, -0.05) is 24.3 Å². The first-order valence-electron chi connectivity index (χ1n) is 6.70. The van der Waals surface area contributed by atoms with Crippen LogP contribution in [0.15, 0.2) is 24.3 Å². The Morgan fingerprint density at radius 3 is 2.41 bits per heavy atom. The molecule has 1 saturated carbocycles. The first-order chi connectivity index (χ1) is 8.22. The number of nitrogens with two attached hydrogens (primary N) is 1. The van der Waals surface area contributed by atoms with Crippen LogP contribution in [0.2, 0.25) is 0 Å². The van der Waals surface area contributed by atoms with E-state index in [-0.39, 0.29) is 0 Å². The van der Waals surface area contributed by atoms with Gasteiger partial charge in [-0.2, -0.15) is 0 Å². The van der Waals surface area contributed by atoms with Crippen LogP contribution in [0.1, 0.15) is 42.9 Å². The molecule has 2 heteroatoms. The molecule has 1 atom stereocenters. The van der Waals surface area contributed by atoms with Crippen LogP contribution in [0.5, 0.6) is 0 Å². The first kappa shape index (κ1) is 12.6. The van der Waals surface area contributed by atoms with Crippen LogP contribution in [-0.2, 0) is 0 Å². The summed E-state index contributed by atoms with van der Waals surface area (Å²) in [6.07, 6.45) is 4.85. The van der Waals surface area contributed by atoms with E-state index in [0.717, 1.165) is 5.92 Å². The molecule has 0 aromatic heterocycles. The fraction of sp³-hybridized carbons (Fsp3) is 0.600. The van der Waals surface area contributed by atoms with Crippen LogP contribution in [0.4, 0.5) is 0 Å². The number of hydrogen-bond acceptors (Lipinski definition) is 2. The molecule has 0 saturated heterocycles. The quantitative estimate of drug-likeness (QED) is 0.841. The predicted octanol–water partition coefficient (Wildman–Crippen LogP) is 2.77. The summed E-state index contributed by atoms with van der Waals surface area (Å²) in [5, 5.41) is 3.50. The van der Waals surface area contributed by atoms with E-state index in [9.17, 15) is 0 Å². The van der Waals surface area contributed by atoms with Crippen molar-refractivity contribution < 1.29 is 0 Å². The first-order valence-corrected chi connectivity index (χ1v) is 6.70. The van der Waals surface area contributed by atoms with Crippen molar-refractivity contribution in [2.45, 2.75) is 44.7 Å². The Labute approximate surface area is 105 Å². The van der Waals surface area contributed by atoms with Gasteiger partial charge in [0.25, 0.3) is 0 Å². The number of hydrogen-bond donors (Lipinski definition) is 2. The molecule has 17 heavy (non-hydrogen) atoms. The van der Waals surface area contributed by atoms with E-state index in [4.69, 9.17) is 5.73 Å². The lowest BCUT2D eigenvalue weighted by atomic mass is 9.78. The number of nitrogens with one attached hydrogen (secondary N) is 1. The maximum absolute atomic E-state index is 5.99. The zero-order valence-electron chi connectivity index (χ0n) is 10.9. The Hall–Kier alpha value is -0.860. The molecule has 94 valence electrons. The number of benzene rings is 1. The molecule has 1 aromatic carbocycles. The average Bonchev–Trinajstić information content (AvgIpc) is 2.35. The molecule has 1 unspecified atom stereocenters. The second-order valence-corrected chi connectivity index (χ2v) is 5.30. The lowest BCUT2D eigenvalue weighted by Gasteiger charge is -2.33. The minimum absolute atomic E-state index is 0.431. The van der Waals surface area contributed by atoms with Crippen molar-refractivity contribution in [2.24, 2.45) is 11.7 Å². The molecule has 1 aliphatic rings. The fourth-order valence-electron chi connectivity index (χ4n) is 3.06. The monoisotopic (exact) mass is 232 g/mol. The molecular formula is C15H24N2. The van der Waals surface area contributed by atoms with Crippen LogP contribution >= 0.6 is 0 Å². The maximum atomic E-state index is 5.99. The highest BCUT2D eigenvalue weighted by Crippen LogP contribution is 2.34. The van der Waals surface area contributed by atoms with Gasteiger partial charge in [-0.25, -0.2) is 0 Å². The molecule has 1 fully saturated rings. The van der Waals surface area contributed by atoms with E-state index >= 15 is 0 Å². The second-order valence-electron chi connectivity index (χ2n) is 5.30. The molecule has 0 radical (unpaired) electrons. The Morgan fingerprint density at radius 1 is 1.18 bits per heavy atom. The van der Waals surface area contributed by atoms with E-state index in [1.807, 2.05) is 0 Å². The highest BCUT2D eigenvalue weighted by Gasteiger charge is 2.26. The van der Waals surface area contributed by atoms with E-state index in [0.29, 0.717) is 12.1 Å². The maximum Gasteiger partial charge on any atom is 0.0348 e. The molecule has 0 bridgehead atoms. The molecular weight excluding hydrogens is 208 g/mol. The molecule has 0 heterocycles. The van der Waals surface area contributed by atoms with Crippen molar-refractivity contribution in [3.8, 4) is 0 Å². The fourth-order valence-corrected chi connectivity index (χ4v) is 3.06. The van der Waals surface area contributed by atoms with Gasteiger partial charge in [0.15, 0.2) is 0 Å². The normalized spacial score (nSPS) is 26.8. The predicted molar refractivity (Wildman–Crippen MR) is 72.9 cm³/mol. The van der Waals surface area contributed by atoms with E-state index in [1.165, 1.54) is 36.8 Å². The highest BCUT2D eigenvalue weighted by molar-refractivity contribution is 5.29. The topological polar surface area (TPSA) is 38.0 Å². The van der Waals surface area contributed by atoms with Gasteiger partial charge in [-0.15, -0.1) is 0 Å². The van der Waals surface area contributed by atoms with Crippen LogP contribution in [0.3, 0.4) is 0 Å². The van der Waals surface area contributed by atoms with Gasteiger partial charge in [-0.3, -0.25) is 0 Å². The summed E-state index contributed by atoms with van der Waals surface area (Å²) < 4.78 is 0. The van der Waals surface area contributed by atoms with E-state index < -0.39 is 0 Å². The summed E-state index contributed by atoms with van der Waals surface area (Å²) in [6, 6.07) is 9.63. The Bertz CT molecular complexity index is 354. The second kappa shape index (κ2) is 5.65. The van der Waals surface area contributed by atoms with Crippen LogP contribution in [0.25, 0.3) is 0 Å². The van der Waals surface area contributed by atoms with Gasteiger partial charge in [0.2, 0.25) is 0 Å². The lowest BCUT2D eigenvalue weighted by molar-refractivity contribution is 0.262. The molecule has 0 spiro atoms. The standard InChI is InChI=1S/C15H24N2/c1-11-5-3-4-6-14(11)15(17-2)12-7-9-13(16)10-8-12/h3-6,12-13,15,17H,7-10,16H2,1-2H3. The number of aryl methyl sites for hydroxylation is 1. The van der Waals surface area contributed by atoms with Crippen molar-refractivity contribution in [3.63, 3.8) is 0 Å². The van der Waals surface area contributed by atoms with Crippen LogP contribution < -0.4 is 11.1 Å². The van der Waals surface area contributed by atoms with Gasteiger partial charge in [-0.05, 0) is 56.7 Å². The smallest absolute Gasteiger partial charge is 0.0348 e. The molecule has 1 aliphatic carbocycles. The highest BCUT2D eigenvalue weighted by atomic mass is 14.9. The van der Waals surface area contributed by atoms with Crippen molar-refractivity contribution in [3.05, 3.63) is 35.4 Å². The van der Waals surface area contributed by atoms with Crippen molar-refractivity contribution in [1.82, 2.24) is 5.32 Å². The SMILES string of the molecule is CNC(c1ccccc1C)C1CCC(N)CC1. The van der Waals surface area contributed by atoms with Crippen LogP contribution in [0, 0.1) is 12.8 Å². The lowest BCUT2D eigenvalue weighted by Crippen LogP contribution is -2.33. The summed E-state index contributed by atoms with van der Waals surface area (Å²) in [4.78, 5) is 0. The molecule has 3 N–H and O–H groups in total. The summed E-state index contributed by atoms with van der Waals surface area (Å²) in [6.45, 7) is 2.20. The summed E-state index contributed by atoms with van der Waals surface area (Å²) in [5.74, 6) is 0.737. The van der Waals surface area contributed by atoms with Gasteiger partial charge in [0, 0.05) is 12.1 Å². The van der Waals surface area contributed by atoms with Crippen molar-refractivity contribution in [1.29, 1.82) is 0 Å². The van der Waals surface area contributed by atoms with Crippen LogP contribution in [-0.4, -0.2) is 13.1 Å². The van der Waals surface area contributed by atoms with Gasteiger partial charge < -0.3 is 11.1 Å². The zero-order valence-corrected chi connectivity index (χ0v) is 10.9. The van der Waals surface area contributed by atoms with Gasteiger partial charge in [0.05, 0.1) is 0 Å².